The van der Waals surface area contributed by atoms with E-state index in [1.165, 1.54) is 11.1 Å². The Morgan fingerprint density at radius 3 is 2.78 bits per heavy atom. The lowest BCUT2D eigenvalue weighted by molar-refractivity contribution is 0.00729. The molecule has 1 unspecified atom stereocenters. The van der Waals surface area contributed by atoms with E-state index < -0.39 is 0 Å². The van der Waals surface area contributed by atoms with Crippen LogP contribution in [0.15, 0.2) is 18.2 Å². The van der Waals surface area contributed by atoms with E-state index in [0.29, 0.717) is 5.92 Å². The maximum absolute atomic E-state index is 6.30. The zero-order chi connectivity index (χ0) is 12.5. The Kier molecular flexibility index (Phi) is 3.27. The molecular formula is C15H21NO2. The molecule has 3 heteroatoms. The summed E-state index contributed by atoms with van der Waals surface area (Å²) in [4.78, 5) is 0. The van der Waals surface area contributed by atoms with Gasteiger partial charge in [0.1, 0.15) is 11.9 Å². The van der Waals surface area contributed by atoms with Crippen molar-refractivity contribution in [3.63, 3.8) is 0 Å². The van der Waals surface area contributed by atoms with E-state index in [2.05, 4.69) is 25.1 Å². The van der Waals surface area contributed by atoms with Gasteiger partial charge in [0, 0.05) is 37.2 Å². The van der Waals surface area contributed by atoms with Crippen LogP contribution >= 0.6 is 0 Å². The van der Waals surface area contributed by atoms with Crippen molar-refractivity contribution in [2.24, 2.45) is 11.7 Å². The fraction of sp³-hybridized carbons (Fsp3) is 0.600. The molecule has 0 spiro atoms. The summed E-state index contributed by atoms with van der Waals surface area (Å²) in [5.74, 6) is 1.58. The SMILES string of the molecule is Cc1ccc2c(c1)[C@H](N)CC(C1CCOCC1)O2. The average molecular weight is 247 g/mol. The molecule has 1 aromatic carbocycles. The van der Waals surface area contributed by atoms with Crippen LogP contribution in [0.4, 0.5) is 0 Å². The van der Waals surface area contributed by atoms with Gasteiger partial charge in [0.25, 0.3) is 0 Å². The van der Waals surface area contributed by atoms with Crippen molar-refractivity contribution in [3.05, 3.63) is 29.3 Å². The third-order valence-electron chi connectivity index (χ3n) is 4.12. The molecular weight excluding hydrogens is 226 g/mol. The van der Waals surface area contributed by atoms with Gasteiger partial charge in [-0.3, -0.25) is 0 Å². The van der Waals surface area contributed by atoms with Crippen LogP contribution in [0.1, 0.15) is 36.4 Å². The summed E-state index contributed by atoms with van der Waals surface area (Å²) in [5.41, 5.74) is 8.71. The lowest BCUT2D eigenvalue weighted by atomic mass is 9.86. The zero-order valence-corrected chi connectivity index (χ0v) is 10.9. The summed E-state index contributed by atoms with van der Waals surface area (Å²) < 4.78 is 11.6. The number of rotatable bonds is 1. The summed E-state index contributed by atoms with van der Waals surface area (Å²) in [6.07, 6.45) is 3.39. The molecule has 0 amide bonds. The predicted molar refractivity (Wildman–Crippen MR) is 70.7 cm³/mol. The molecule has 0 bridgehead atoms. The van der Waals surface area contributed by atoms with Crippen molar-refractivity contribution in [3.8, 4) is 5.75 Å². The second-order valence-corrected chi connectivity index (χ2v) is 5.49. The lowest BCUT2D eigenvalue weighted by Gasteiger charge is -2.36. The highest BCUT2D eigenvalue weighted by molar-refractivity contribution is 5.40. The molecule has 2 N–H and O–H groups in total. The minimum atomic E-state index is 0.112. The molecule has 3 nitrogen and oxygen atoms in total. The smallest absolute Gasteiger partial charge is 0.124 e. The number of hydrogen-bond donors (Lipinski definition) is 1. The number of aryl methyl sites for hydroxylation is 1. The fourth-order valence-corrected chi connectivity index (χ4v) is 3.03. The van der Waals surface area contributed by atoms with E-state index in [0.717, 1.165) is 38.2 Å². The molecule has 1 saturated heterocycles. The number of hydrogen-bond acceptors (Lipinski definition) is 3. The molecule has 1 fully saturated rings. The van der Waals surface area contributed by atoms with Gasteiger partial charge < -0.3 is 15.2 Å². The summed E-state index contributed by atoms with van der Waals surface area (Å²) >= 11 is 0. The van der Waals surface area contributed by atoms with E-state index >= 15 is 0 Å². The number of benzene rings is 1. The van der Waals surface area contributed by atoms with E-state index in [1.54, 1.807) is 0 Å². The molecule has 2 aliphatic rings. The van der Waals surface area contributed by atoms with Crippen molar-refractivity contribution in [1.82, 2.24) is 0 Å². The molecule has 98 valence electrons. The topological polar surface area (TPSA) is 44.5 Å². The summed E-state index contributed by atoms with van der Waals surface area (Å²) in [6, 6.07) is 6.43. The first kappa shape index (κ1) is 12.0. The van der Waals surface area contributed by atoms with Gasteiger partial charge in [-0.05, 0) is 25.8 Å². The third-order valence-corrected chi connectivity index (χ3v) is 4.12. The Morgan fingerprint density at radius 2 is 2.00 bits per heavy atom. The van der Waals surface area contributed by atoms with Gasteiger partial charge in [-0.25, -0.2) is 0 Å². The summed E-state index contributed by atoms with van der Waals surface area (Å²) in [7, 11) is 0. The first-order valence-electron chi connectivity index (χ1n) is 6.84. The normalized spacial score (nSPS) is 28.6. The summed E-state index contributed by atoms with van der Waals surface area (Å²) in [6.45, 7) is 3.82. The van der Waals surface area contributed by atoms with Crippen molar-refractivity contribution < 1.29 is 9.47 Å². The Balaban J connectivity index is 1.80. The van der Waals surface area contributed by atoms with Crippen LogP contribution in [0, 0.1) is 12.8 Å². The molecule has 1 aromatic rings. The molecule has 3 rings (SSSR count). The van der Waals surface area contributed by atoms with Crippen LogP contribution in [0.25, 0.3) is 0 Å². The molecule has 18 heavy (non-hydrogen) atoms. The Hall–Kier alpha value is -1.06. The lowest BCUT2D eigenvalue weighted by Crippen LogP contribution is -2.37. The molecule has 0 radical (unpaired) electrons. The number of fused-ring (bicyclic) bond motifs is 1. The van der Waals surface area contributed by atoms with E-state index in [-0.39, 0.29) is 12.1 Å². The van der Waals surface area contributed by atoms with E-state index in [9.17, 15) is 0 Å². The molecule has 2 atom stereocenters. The van der Waals surface area contributed by atoms with Crippen molar-refractivity contribution in [1.29, 1.82) is 0 Å². The highest BCUT2D eigenvalue weighted by atomic mass is 16.5. The second kappa shape index (κ2) is 4.90. The standard InChI is InChI=1S/C15H21NO2/c1-10-2-3-14-12(8-10)13(16)9-15(18-14)11-4-6-17-7-5-11/h2-3,8,11,13,15H,4-7,9,16H2,1H3/t13-,15?/m1/s1. The van der Waals surface area contributed by atoms with Gasteiger partial charge in [0.15, 0.2) is 0 Å². The first-order valence-corrected chi connectivity index (χ1v) is 6.84. The maximum atomic E-state index is 6.30. The van der Waals surface area contributed by atoms with Gasteiger partial charge in [-0.2, -0.15) is 0 Å². The third kappa shape index (κ3) is 2.25. The average Bonchev–Trinajstić information content (AvgIpc) is 2.40. The van der Waals surface area contributed by atoms with Gasteiger partial charge in [0.05, 0.1) is 0 Å². The van der Waals surface area contributed by atoms with Crippen LogP contribution < -0.4 is 10.5 Å². The van der Waals surface area contributed by atoms with Crippen molar-refractivity contribution >= 4 is 0 Å². The molecule has 2 aliphatic heterocycles. The predicted octanol–water partition coefficient (Wildman–Crippen LogP) is 2.57. The van der Waals surface area contributed by atoms with Gasteiger partial charge in [-0.1, -0.05) is 17.7 Å². The van der Waals surface area contributed by atoms with Crippen LogP contribution in [-0.2, 0) is 4.74 Å². The fourth-order valence-electron chi connectivity index (χ4n) is 3.03. The van der Waals surface area contributed by atoms with Gasteiger partial charge in [0.2, 0.25) is 0 Å². The Morgan fingerprint density at radius 1 is 1.22 bits per heavy atom. The van der Waals surface area contributed by atoms with Crippen LogP contribution in [-0.4, -0.2) is 19.3 Å². The highest BCUT2D eigenvalue weighted by Crippen LogP contribution is 2.38. The van der Waals surface area contributed by atoms with Crippen LogP contribution in [0.2, 0.25) is 0 Å². The zero-order valence-electron chi connectivity index (χ0n) is 10.9. The second-order valence-electron chi connectivity index (χ2n) is 5.49. The largest absolute Gasteiger partial charge is 0.490 e. The number of ether oxygens (including phenoxy) is 2. The summed E-state index contributed by atoms with van der Waals surface area (Å²) in [5, 5.41) is 0. The minimum Gasteiger partial charge on any atom is -0.490 e. The highest BCUT2D eigenvalue weighted by Gasteiger charge is 2.32. The minimum absolute atomic E-state index is 0.112. The van der Waals surface area contributed by atoms with E-state index in [4.69, 9.17) is 15.2 Å². The van der Waals surface area contributed by atoms with Crippen LogP contribution in [0.5, 0.6) is 5.75 Å². The molecule has 0 saturated carbocycles. The molecule has 2 heterocycles. The quantitative estimate of drug-likeness (QED) is 0.829. The van der Waals surface area contributed by atoms with Gasteiger partial charge >= 0.3 is 0 Å². The van der Waals surface area contributed by atoms with Crippen molar-refractivity contribution in [2.45, 2.75) is 38.3 Å². The maximum Gasteiger partial charge on any atom is 0.124 e. The van der Waals surface area contributed by atoms with Crippen molar-refractivity contribution in [2.75, 3.05) is 13.2 Å². The van der Waals surface area contributed by atoms with E-state index in [1.807, 2.05) is 0 Å². The van der Waals surface area contributed by atoms with Crippen LogP contribution in [0.3, 0.4) is 0 Å². The first-order chi connectivity index (χ1) is 8.74. The monoisotopic (exact) mass is 247 g/mol. The molecule has 0 aromatic heterocycles. The van der Waals surface area contributed by atoms with Gasteiger partial charge in [-0.15, -0.1) is 0 Å². The molecule has 0 aliphatic carbocycles. The number of nitrogens with two attached hydrogens (primary N) is 1. The Bertz CT molecular complexity index is 427. The Labute approximate surface area is 108 Å².